The molecule has 1 aliphatic heterocycles. The van der Waals surface area contributed by atoms with Gasteiger partial charge in [0, 0.05) is 19.9 Å². The lowest BCUT2D eigenvalue weighted by molar-refractivity contribution is -0.127. The molecule has 15 heavy (non-hydrogen) atoms. The third-order valence-electron chi connectivity index (χ3n) is 2.52. The third kappa shape index (κ3) is 1.67. The lowest BCUT2D eigenvalue weighted by Crippen LogP contribution is -2.42. The molecule has 1 fully saturated rings. The Morgan fingerprint density at radius 1 is 1.20 bits per heavy atom. The molecule has 0 aliphatic carbocycles. The molecule has 0 saturated carbocycles. The SMILES string of the molecule is CN1C(=O)CCC1(P(=O)(O)O)P(=O)(O)O. The topological polar surface area (TPSA) is 135 Å². The van der Waals surface area contributed by atoms with Gasteiger partial charge in [-0.05, 0) is 0 Å². The Bertz CT molecular complexity index is 359. The number of likely N-dealkylation sites (tertiary alicyclic amines) is 1. The van der Waals surface area contributed by atoms with Crippen LogP contribution < -0.4 is 0 Å². The zero-order chi connectivity index (χ0) is 12.1. The zero-order valence-corrected chi connectivity index (χ0v) is 9.56. The lowest BCUT2D eigenvalue weighted by atomic mass is 10.4. The molecule has 0 atom stereocenters. The number of carbonyl (C=O) groups excluding carboxylic acids is 1. The molecule has 0 radical (unpaired) electrons. The Kier molecular flexibility index (Phi) is 2.89. The van der Waals surface area contributed by atoms with Crippen LogP contribution in [0.3, 0.4) is 0 Å². The number of carbonyl (C=O) groups is 1. The Labute approximate surface area is 85.2 Å². The van der Waals surface area contributed by atoms with Crippen molar-refractivity contribution in [1.82, 2.24) is 4.90 Å². The predicted octanol–water partition coefficient (Wildman–Crippen LogP) is -0.752. The highest BCUT2D eigenvalue weighted by molar-refractivity contribution is 7.72. The van der Waals surface area contributed by atoms with Crippen LogP contribution in [0.5, 0.6) is 0 Å². The lowest BCUT2D eigenvalue weighted by Gasteiger charge is -2.36. The molecular weight excluding hydrogens is 248 g/mol. The molecule has 1 rings (SSSR count). The maximum Gasteiger partial charge on any atom is 0.363 e. The monoisotopic (exact) mass is 259 g/mol. The zero-order valence-electron chi connectivity index (χ0n) is 7.77. The van der Waals surface area contributed by atoms with Gasteiger partial charge >= 0.3 is 15.2 Å². The standard InChI is InChI=1S/C5H11NO7P2/c1-6-4(7)2-3-5(6,14(8,9)10)15(11,12)13/h2-3H2,1H3,(H2,8,9,10)(H2,11,12,13). The van der Waals surface area contributed by atoms with Crippen molar-refractivity contribution in [1.29, 1.82) is 0 Å². The Hall–Kier alpha value is -0.230. The number of nitrogens with zero attached hydrogens (tertiary/aromatic N) is 1. The molecule has 1 aliphatic rings. The normalized spacial score (nSPS) is 22.2. The fraction of sp³-hybridized carbons (Fsp3) is 0.800. The van der Waals surface area contributed by atoms with Crippen molar-refractivity contribution >= 4 is 21.1 Å². The predicted molar refractivity (Wildman–Crippen MR) is 48.8 cm³/mol. The molecule has 0 unspecified atom stereocenters. The van der Waals surface area contributed by atoms with Crippen molar-refractivity contribution in [3.8, 4) is 0 Å². The summed E-state index contributed by atoms with van der Waals surface area (Å²) in [4.78, 5) is 47.7. The minimum Gasteiger partial charge on any atom is -0.322 e. The van der Waals surface area contributed by atoms with Crippen LogP contribution >= 0.6 is 15.2 Å². The van der Waals surface area contributed by atoms with Gasteiger partial charge in [-0.1, -0.05) is 0 Å². The summed E-state index contributed by atoms with van der Waals surface area (Å²) in [6.07, 6.45) is -0.830. The molecule has 1 amide bonds. The number of hydrogen-bond acceptors (Lipinski definition) is 3. The van der Waals surface area contributed by atoms with Crippen molar-refractivity contribution in [3.05, 3.63) is 0 Å². The second-order valence-corrected chi connectivity index (χ2v) is 7.32. The number of amides is 1. The summed E-state index contributed by atoms with van der Waals surface area (Å²) in [5.74, 6) is -0.693. The number of hydrogen-bond donors (Lipinski definition) is 4. The first kappa shape index (κ1) is 12.8. The highest BCUT2D eigenvalue weighted by Gasteiger charge is 2.67. The van der Waals surface area contributed by atoms with Gasteiger partial charge < -0.3 is 24.5 Å². The second-order valence-electron chi connectivity index (χ2n) is 3.32. The van der Waals surface area contributed by atoms with E-state index >= 15 is 0 Å². The van der Waals surface area contributed by atoms with Crippen LogP contribution in [0.4, 0.5) is 0 Å². The average Bonchev–Trinajstić information content (AvgIpc) is 2.26. The summed E-state index contributed by atoms with van der Waals surface area (Å²) >= 11 is 0. The van der Waals surface area contributed by atoms with E-state index in [9.17, 15) is 13.9 Å². The van der Waals surface area contributed by atoms with Crippen molar-refractivity contribution in [2.45, 2.75) is 17.9 Å². The van der Waals surface area contributed by atoms with E-state index in [2.05, 4.69) is 0 Å². The molecule has 0 aromatic heterocycles. The molecule has 1 saturated heterocycles. The van der Waals surface area contributed by atoms with Crippen LogP contribution in [0.1, 0.15) is 12.8 Å². The van der Waals surface area contributed by atoms with Gasteiger partial charge in [0.1, 0.15) is 0 Å². The van der Waals surface area contributed by atoms with Crippen LogP contribution in [-0.4, -0.2) is 42.4 Å². The van der Waals surface area contributed by atoms with Gasteiger partial charge in [0.15, 0.2) is 0 Å². The van der Waals surface area contributed by atoms with Crippen LogP contribution in [0, 0.1) is 0 Å². The van der Waals surface area contributed by atoms with Crippen LogP contribution in [-0.2, 0) is 13.9 Å². The quantitative estimate of drug-likeness (QED) is 0.479. The van der Waals surface area contributed by atoms with Crippen molar-refractivity contribution in [2.75, 3.05) is 7.05 Å². The third-order valence-corrected chi connectivity index (χ3v) is 7.00. The molecule has 1 heterocycles. The smallest absolute Gasteiger partial charge is 0.322 e. The minimum atomic E-state index is -5.12. The van der Waals surface area contributed by atoms with Crippen molar-refractivity contribution < 1.29 is 33.5 Å². The molecule has 0 bridgehead atoms. The maximum absolute atomic E-state index is 11.2. The molecule has 10 heteroatoms. The summed E-state index contributed by atoms with van der Waals surface area (Å²) in [5.41, 5.74) is 0. The molecule has 88 valence electrons. The molecule has 0 aromatic rings. The van der Waals surface area contributed by atoms with Crippen molar-refractivity contribution in [2.24, 2.45) is 0 Å². The van der Waals surface area contributed by atoms with Crippen LogP contribution in [0.2, 0.25) is 0 Å². The average molecular weight is 259 g/mol. The minimum absolute atomic E-state index is 0.285. The maximum atomic E-state index is 11.2. The van der Waals surface area contributed by atoms with E-state index < -0.39 is 32.5 Å². The Morgan fingerprint density at radius 3 is 1.73 bits per heavy atom. The molecule has 0 spiro atoms. The first-order chi connectivity index (χ1) is 6.54. The first-order valence-corrected chi connectivity index (χ1v) is 7.14. The molecule has 0 aromatic carbocycles. The van der Waals surface area contributed by atoms with Crippen LogP contribution in [0.15, 0.2) is 0 Å². The summed E-state index contributed by atoms with van der Waals surface area (Å²) in [5, 5.41) is -2.68. The Balaban J connectivity index is 3.41. The molecule has 4 N–H and O–H groups in total. The second kappa shape index (κ2) is 3.38. The van der Waals surface area contributed by atoms with E-state index in [1.54, 1.807) is 0 Å². The van der Waals surface area contributed by atoms with E-state index in [-0.39, 0.29) is 6.42 Å². The summed E-state index contributed by atoms with van der Waals surface area (Å²) in [6.45, 7) is 0. The van der Waals surface area contributed by atoms with Gasteiger partial charge in [-0.25, -0.2) is 0 Å². The van der Waals surface area contributed by atoms with E-state index in [0.717, 1.165) is 7.05 Å². The van der Waals surface area contributed by atoms with Gasteiger partial charge in [-0.15, -0.1) is 0 Å². The highest BCUT2D eigenvalue weighted by Crippen LogP contribution is 2.73. The van der Waals surface area contributed by atoms with Gasteiger partial charge in [-0.2, -0.15) is 0 Å². The van der Waals surface area contributed by atoms with Gasteiger partial charge in [-0.3, -0.25) is 13.9 Å². The Morgan fingerprint density at radius 2 is 1.60 bits per heavy atom. The first-order valence-electron chi connectivity index (χ1n) is 3.92. The summed E-state index contributed by atoms with van der Waals surface area (Å²) in [6, 6.07) is 0. The largest absolute Gasteiger partial charge is 0.363 e. The van der Waals surface area contributed by atoms with E-state index in [1.165, 1.54) is 0 Å². The van der Waals surface area contributed by atoms with E-state index in [0.29, 0.717) is 4.90 Å². The molecular formula is C5H11NO7P2. The highest BCUT2D eigenvalue weighted by atomic mass is 31.2. The summed E-state index contributed by atoms with van der Waals surface area (Å²) < 4.78 is 22.3. The van der Waals surface area contributed by atoms with Gasteiger partial charge in [0.05, 0.1) is 0 Å². The summed E-state index contributed by atoms with van der Waals surface area (Å²) in [7, 11) is -9.26. The van der Waals surface area contributed by atoms with E-state index in [1.807, 2.05) is 0 Å². The fourth-order valence-corrected chi connectivity index (χ4v) is 4.83. The van der Waals surface area contributed by atoms with Crippen molar-refractivity contribution in [3.63, 3.8) is 0 Å². The van der Waals surface area contributed by atoms with Crippen LogP contribution in [0.25, 0.3) is 0 Å². The van der Waals surface area contributed by atoms with Gasteiger partial charge in [0.2, 0.25) is 10.9 Å². The fourth-order valence-electron chi connectivity index (χ4n) is 1.66. The van der Waals surface area contributed by atoms with Gasteiger partial charge in [0.25, 0.3) is 0 Å². The van der Waals surface area contributed by atoms with E-state index in [4.69, 9.17) is 19.6 Å². The molecule has 8 nitrogen and oxygen atoms in total. The number of rotatable bonds is 2.